The second kappa shape index (κ2) is 8.12. The van der Waals surface area contributed by atoms with Crippen molar-refractivity contribution in [1.29, 1.82) is 0 Å². The summed E-state index contributed by atoms with van der Waals surface area (Å²) in [7, 11) is 0. The first-order chi connectivity index (χ1) is 13.4. The van der Waals surface area contributed by atoms with Gasteiger partial charge in [-0.25, -0.2) is 0 Å². The Balaban J connectivity index is 1.97. The van der Waals surface area contributed by atoms with E-state index < -0.39 is 0 Å². The monoisotopic (exact) mass is 383 g/mol. The van der Waals surface area contributed by atoms with Gasteiger partial charge < -0.3 is 0 Å². The molecule has 0 fully saturated rings. The zero-order valence-electron chi connectivity index (χ0n) is 17.3. The molecule has 0 aromatic carbocycles. The highest BCUT2D eigenvalue weighted by atomic mass is 16.2. The minimum atomic E-state index is -0.278. The molecule has 0 saturated carbocycles. The molecule has 7 nitrogen and oxygen atoms in total. The highest BCUT2D eigenvalue weighted by Gasteiger charge is 2.31. The smallest absolute Gasteiger partial charge is 0.291 e. The van der Waals surface area contributed by atoms with Crippen LogP contribution in [0.2, 0.25) is 0 Å². The van der Waals surface area contributed by atoms with Crippen LogP contribution in [0.3, 0.4) is 0 Å². The van der Waals surface area contributed by atoms with E-state index in [-0.39, 0.29) is 11.5 Å². The number of rotatable bonds is 8. The van der Waals surface area contributed by atoms with E-state index in [1.165, 1.54) is 29.2 Å². The summed E-state index contributed by atoms with van der Waals surface area (Å²) in [6, 6.07) is 1.88. The lowest BCUT2D eigenvalue weighted by molar-refractivity contribution is 0.0961. The van der Waals surface area contributed by atoms with E-state index in [2.05, 4.69) is 23.7 Å². The fraction of sp³-hybridized carbons (Fsp3) is 0.524. The van der Waals surface area contributed by atoms with Gasteiger partial charge in [-0.2, -0.15) is 9.89 Å². The molecule has 2 aromatic rings. The second-order valence-electron chi connectivity index (χ2n) is 7.54. The molecule has 28 heavy (non-hydrogen) atoms. The molecule has 0 aliphatic carbocycles. The minimum Gasteiger partial charge on any atom is -0.291 e. The molecule has 0 N–H and O–H groups in total. The maximum atomic E-state index is 13.1. The van der Waals surface area contributed by atoms with Gasteiger partial charge in [-0.15, -0.1) is 10.2 Å². The molecule has 0 atom stereocenters. The van der Waals surface area contributed by atoms with Crippen molar-refractivity contribution in [3.05, 3.63) is 49.6 Å². The molecule has 0 saturated heterocycles. The molecule has 3 rings (SSSR count). The summed E-state index contributed by atoms with van der Waals surface area (Å²) in [5, 5.41) is 10.5. The van der Waals surface area contributed by atoms with Crippen molar-refractivity contribution < 1.29 is 4.79 Å². The number of unbranched alkanes of at least 4 members (excludes halogenated alkanes) is 5. The van der Waals surface area contributed by atoms with Crippen molar-refractivity contribution in [3.63, 3.8) is 0 Å². The van der Waals surface area contributed by atoms with Crippen LogP contribution in [0.4, 0.5) is 0 Å². The number of carbonyl (C=O) groups is 1. The third-order valence-electron chi connectivity index (χ3n) is 5.30. The van der Waals surface area contributed by atoms with E-state index in [0.29, 0.717) is 28.4 Å². The quantitative estimate of drug-likeness (QED) is 0.655. The molecular formula is C21H29N5O2. The van der Waals surface area contributed by atoms with Crippen LogP contribution in [0.25, 0.3) is 6.58 Å². The number of hydrogen-bond donors (Lipinski definition) is 0. The number of nitrogens with zero attached hydrogens (tertiary/aromatic N) is 5. The van der Waals surface area contributed by atoms with Gasteiger partial charge in [0.05, 0.1) is 17.0 Å². The Morgan fingerprint density at radius 1 is 1.04 bits per heavy atom. The first kappa shape index (κ1) is 20.0. The molecule has 0 radical (unpaired) electrons. The highest BCUT2D eigenvalue weighted by molar-refractivity contribution is 6.03. The first-order valence-corrected chi connectivity index (χ1v) is 10.1. The Morgan fingerprint density at radius 3 is 2.36 bits per heavy atom. The molecule has 2 aromatic heterocycles. The SMILES string of the molecule is C=c1c(C)c2c(n(CCCCCCCC)c1=O)=NN(n1nc(C)cc1C)C2=O. The lowest BCUT2D eigenvalue weighted by Gasteiger charge is -2.13. The number of fused-ring (bicyclic) bond motifs is 1. The van der Waals surface area contributed by atoms with Crippen LogP contribution >= 0.6 is 0 Å². The minimum absolute atomic E-state index is 0.170. The van der Waals surface area contributed by atoms with Crippen LogP contribution in [0.15, 0.2) is 16.0 Å². The van der Waals surface area contributed by atoms with Gasteiger partial charge in [-0.1, -0.05) is 45.6 Å². The Kier molecular flexibility index (Phi) is 5.82. The lowest BCUT2D eigenvalue weighted by atomic mass is 10.1. The van der Waals surface area contributed by atoms with E-state index in [4.69, 9.17) is 0 Å². The molecule has 1 aliphatic rings. The van der Waals surface area contributed by atoms with Gasteiger partial charge in [-0.3, -0.25) is 14.2 Å². The molecule has 0 spiro atoms. The van der Waals surface area contributed by atoms with Crippen LogP contribution in [-0.4, -0.2) is 20.4 Å². The van der Waals surface area contributed by atoms with Crippen molar-refractivity contribution in [2.45, 2.75) is 72.8 Å². The van der Waals surface area contributed by atoms with Gasteiger partial charge in [0.15, 0.2) is 5.49 Å². The van der Waals surface area contributed by atoms with E-state index in [1.807, 2.05) is 19.9 Å². The van der Waals surface area contributed by atoms with Crippen molar-refractivity contribution >= 4 is 12.5 Å². The van der Waals surface area contributed by atoms with Crippen LogP contribution in [0.1, 0.15) is 72.8 Å². The standard InChI is InChI=1S/C21H29N5O2/c1-6-7-8-9-10-11-12-24-19-18(16(4)17(5)20(24)27)21(28)26(23-19)25-15(3)13-14(2)22-25/h13H,5-12H2,1-4H3. The third kappa shape index (κ3) is 3.53. The number of carbonyl (C=O) groups excluding carboxylic acids is 1. The molecule has 1 aliphatic heterocycles. The van der Waals surface area contributed by atoms with Crippen LogP contribution < -0.4 is 21.4 Å². The predicted molar refractivity (Wildman–Crippen MR) is 109 cm³/mol. The zero-order valence-corrected chi connectivity index (χ0v) is 17.3. The van der Waals surface area contributed by atoms with E-state index in [0.717, 1.165) is 30.7 Å². The van der Waals surface area contributed by atoms with Gasteiger partial charge in [0.1, 0.15) is 0 Å². The van der Waals surface area contributed by atoms with Gasteiger partial charge in [0, 0.05) is 11.8 Å². The summed E-state index contributed by atoms with van der Waals surface area (Å²) >= 11 is 0. The highest BCUT2D eigenvalue weighted by Crippen LogP contribution is 2.12. The molecule has 1 amide bonds. The Labute approximate surface area is 164 Å². The van der Waals surface area contributed by atoms with Crippen LogP contribution in [-0.2, 0) is 6.54 Å². The first-order valence-electron chi connectivity index (χ1n) is 10.1. The summed E-state index contributed by atoms with van der Waals surface area (Å²) in [4.78, 5) is 27.4. The van der Waals surface area contributed by atoms with Crippen molar-refractivity contribution in [3.8, 4) is 0 Å². The van der Waals surface area contributed by atoms with Crippen molar-refractivity contribution in [1.82, 2.24) is 14.5 Å². The third-order valence-corrected chi connectivity index (χ3v) is 5.30. The van der Waals surface area contributed by atoms with Gasteiger partial charge >= 0.3 is 0 Å². The number of pyridine rings is 1. The number of amides is 1. The van der Waals surface area contributed by atoms with Crippen LogP contribution in [0, 0.1) is 20.8 Å². The fourth-order valence-electron chi connectivity index (χ4n) is 3.66. The zero-order chi connectivity index (χ0) is 20.4. The van der Waals surface area contributed by atoms with Gasteiger partial charge in [0.2, 0.25) is 0 Å². The fourth-order valence-corrected chi connectivity index (χ4v) is 3.66. The van der Waals surface area contributed by atoms with Crippen LogP contribution in [0.5, 0.6) is 0 Å². The van der Waals surface area contributed by atoms with E-state index in [9.17, 15) is 9.59 Å². The lowest BCUT2D eigenvalue weighted by Crippen LogP contribution is -2.45. The summed E-state index contributed by atoms with van der Waals surface area (Å²) in [5.41, 5.74) is 2.90. The maximum Gasteiger partial charge on any atom is 0.299 e. The topological polar surface area (TPSA) is 72.5 Å². The summed E-state index contributed by atoms with van der Waals surface area (Å²) in [5.74, 6) is -0.278. The number of aryl methyl sites for hydroxylation is 2. The van der Waals surface area contributed by atoms with E-state index >= 15 is 0 Å². The normalized spacial score (nSPS) is 13.1. The van der Waals surface area contributed by atoms with Gasteiger partial charge in [0.25, 0.3) is 11.5 Å². The molecule has 150 valence electrons. The molecule has 3 heterocycles. The summed E-state index contributed by atoms with van der Waals surface area (Å²) < 4.78 is 1.61. The molecular weight excluding hydrogens is 354 g/mol. The Morgan fingerprint density at radius 2 is 1.71 bits per heavy atom. The molecule has 7 heteroatoms. The summed E-state index contributed by atoms with van der Waals surface area (Å²) in [6.45, 7) is 12.1. The van der Waals surface area contributed by atoms with E-state index in [1.54, 1.807) is 11.5 Å². The second-order valence-corrected chi connectivity index (χ2v) is 7.54. The van der Waals surface area contributed by atoms with Gasteiger partial charge in [-0.05, 0) is 38.8 Å². The van der Waals surface area contributed by atoms with Crippen molar-refractivity contribution in [2.24, 2.45) is 5.10 Å². The Bertz CT molecular complexity index is 1060. The molecule has 0 unspecified atom stereocenters. The maximum absolute atomic E-state index is 13.1. The molecule has 0 bridgehead atoms. The summed E-state index contributed by atoms with van der Waals surface area (Å²) in [6.07, 6.45) is 6.75. The number of aromatic nitrogens is 3. The number of hydrogen-bond acceptors (Lipinski definition) is 4. The average Bonchev–Trinajstić information content (AvgIpc) is 3.17. The predicted octanol–water partition coefficient (Wildman–Crippen LogP) is 2.07. The Hall–Kier alpha value is -2.70. The van der Waals surface area contributed by atoms with Crippen molar-refractivity contribution in [2.75, 3.05) is 5.12 Å². The largest absolute Gasteiger partial charge is 0.299 e. The average molecular weight is 383 g/mol.